The van der Waals surface area contributed by atoms with Gasteiger partial charge in [-0.3, -0.25) is 9.59 Å². The summed E-state index contributed by atoms with van der Waals surface area (Å²) < 4.78 is 5.41. The number of hydrogen-bond acceptors (Lipinski definition) is 6. The Morgan fingerprint density at radius 2 is 2.08 bits per heavy atom. The minimum absolute atomic E-state index is 0.0116. The Hall–Kier alpha value is -2.74. The molecule has 132 valence electrons. The SMILES string of the molecule is Cc1cc(C2CCNCC2)oc(=O)c1C(=O)NCc1cc(=O)[nH]cn1. The maximum absolute atomic E-state index is 12.3. The smallest absolute Gasteiger partial charge is 0.349 e. The number of aromatic nitrogens is 2. The summed E-state index contributed by atoms with van der Waals surface area (Å²) in [6.45, 7) is 3.55. The first-order valence-electron chi connectivity index (χ1n) is 8.22. The van der Waals surface area contributed by atoms with Crippen LogP contribution in [0.4, 0.5) is 0 Å². The maximum Gasteiger partial charge on any atom is 0.349 e. The summed E-state index contributed by atoms with van der Waals surface area (Å²) in [6.07, 6.45) is 3.07. The molecule has 1 aliphatic rings. The highest BCUT2D eigenvalue weighted by Gasteiger charge is 2.22. The number of aryl methyl sites for hydroxylation is 1. The van der Waals surface area contributed by atoms with Gasteiger partial charge in [-0.05, 0) is 44.5 Å². The molecule has 2 aromatic rings. The van der Waals surface area contributed by atoms with Crippen molar-refractivity contribution < 1.29 is 9.21 Å². The van der Waals surface area contributed by atoms with Crippen molar-refractivity contribution in [3.05, 3.63) is 61.8 Å². The second kappa shape index (κ2) is 7.43. The molecule has 0 saturated carbocycles. The monoisotopic (exact) mass is 344 g/mol. The van der Waals surface area contributed by atoms with Crippen molar-refractivity contribution in [2.75, 3.05) is 13.1 Å². The molecule has 8 nitrogen and oxygen atoms in total. The normalized spacial score (nSPS) is 15.1. The van der Waals surface area contributed by atoms with Crippen molar-refractivity contribution in [3.8, 4) is 0 Å². The van der Waals surface area contributed by atoms with Gasteiger partial charge in [0.2, 0.25) is 0 Å². The van der Waals surface area contributed by atoms with Crippen molar-refractivity contribution in [2.45, 2.75) is 32.2 Å². The number of H-pyrrole nitrogens is 1. The number of piperidine rings is 1. The van der Waals surface area contributed by atoms with Crippen LogP contribution in [0, 0.1) is 6.92 Å². The average Bonchev–Trinajstić information content (AvgIpc) is 2.60. The van der Waals surface area contributed by atoms with Crippen LogP contribution in [0.25, 0.3) is 0 Å². The number of aromatic amines is 1. The van der Waals surface area contributed by atoms with Gasteiger partial charge in [-0.25, -0.2) is 9.78 Å². The molecule has 0 aliphatic carbocycles. The summed E-state index contributed by atoms with van der Waals surface area (Å²) in [5, 5.41) is 5.86. The molecule has 0 unspecified atom stereocenters. The molecule has 8 heteroatoms. The molecule has 0 spiro atoms. The van der Waals surface area contributed by atoms with Crippen LogP contribution in [0.1, 0.15) is 46.1 Å². The predicted octanol–water partition coefficient (Wildman–Crippen LogP) is 0.429. The number of carbonyl (C=O) groups excluding carboxylic acids is 1. The minimum atomic E-state index is -0.634. The molecule has 0 radical (unpaired) electrons. The molecule has 1 saturated heterocycles. The van der Waals surface area contributed by atoms with E-state index in [2.05, 4.69) is 20.6 Å². The topological polar surface area (TPSA) is 117 Å². The summed E-state index contributed by atoms with van der Waals surface area (Å²) in [4.78, 5) is 42.2. The number of carbonyl (C=O) groups is 1. The van der Waals surface area contributed by atoms with Gasteiger partial charge in [0.15, 0.2) is 0 Å². The summed E-state index contributed by atoms with van der Waals surface area (Å²) in [5.74, 6) is 0.298. The van der Waals surface area contributed by atoms with Crippen LogP contribution in [0.15, 0.2) is 32.5 Å². The van der Waals surface area contributed by atoms with E-state index in [1.54, 1.807) is 13.0 Å². The lowest BCUT2D eigenvalue weighted by atomic mass is 9.94. The molecule has 0 atom stereocenters. The van der Waals surface area contributed by atoms with Gasteiger partial charge >= 0.3 is 5.63 Å². The number of nitrogens with one attached hydrogen (secondary N) is 3. The van der Waals surface area contributed by atoms with E-state index in [9.17, 15) is 14.4 Å². The number of hydrogen-bond donors (Lipinski definition) is 3. The third-order valence-corrected chi connectivity index (χ3v) is 4.30. The van der Waals surface area contributed by atoms with E-state index in [0.29, 0.717) is 17.0 Å². The maximum atomic E-state index is 12.3. The third kappa shape index (κ3) is 4.03. The first kappa shape index (κ1) is 17.1. The van der Waals surface area contributed by atoms with E-state index in [1.165, 1.54) is 12.4 Å². The third-order valence-electron chi connectivity index (χ3n) is 4.30. The molecule has 3 rings (SSSR count). The highest BCUT2D eigenvalue weighted by Crippen LogP contribution is 2.25. The highest BCUT2D eigenvalue weighted by atomic mass is 16.4. The zero-order valence-corrected chi connectivity index (χ0v) is 13.9. The van der Waals surface area contributed by atoms with Gasteiger partial charge in [0.1, 0.15) is 11.3 Å². The summed E-state index contributed by atoms with van der Waals surface area (Å²) in [7, 11) is 0. The molecule has 1 fully saturated rings. The van der Waals surface area contributed by atoms with E-state index in [0.717, 1.165) is 25.9 Å². The quantitative estimate of drug-likeness (QED) is 0.740. The Morgan fingerprint density at radius 1 is 1.32 bits per heavy atom. The van der Waals surface area contributed by atoms with E-state index in [-0.39, 0.29) is 23.6 Å². The van der Waals surface area contributed by atoms with Crippen molar-refractivity contribution in [1.29, 1.82) is 0 Å². The first-order chi connectivity index (χ1) is 12.0. The lowest BCUT2D eigenvalue weighted by molar-refractivity contribution is 0.0945. The Labute approximate surface area is 143 Å². The largest absolute Gasteiger partial charge is 0.427 e. The van der Waals surface area contributed by atoms with Gasteiger partial charge < -0.3 is 20.0 Å². The van der Waals surface area contributed by atoms with Crippen molar-refractivity contribution in [1.82, 2.24) is 20.6 Å². The van der Waals surface area contributed by atoms with Gasteiger partial charge in [-0.2, -0.15) is 0 Å². The number of rotatable bonds is 4. The number of amides is 1. The molecular weight excluding hydrogens is 324 g/mol. The van der Waals surface area contributed by atoms with E-state index >= 15 is 0 Å². The second-order valence-corrected chi connectivity index (χ2v) is 6.10. The zero-order chi connectivity index (χ0) is 17.8. The second-order valence-electron chi connectivity index (χ2n) is 6.10. The Morgan fingerprint density at radius 3 is 2.76 bits per heavy atom. The first-order valence-corrected chi connectivity index (χ1v) is 8.22. The highest BCUT2D eigenvalue weighted by molar-refractivity contribution is 5.95. The lowest BCUT2D eigenvalue weighted by Crippen LogP contribution is -2.31. The fourth-order valence-corrected chi connectivity index (χ4v) is 2.98. The molecule has 1 amide bonds. The fraction of sp³-hybridized carbons (Fsp3) is 0.412. The van der Waals surface area contributed by atoms with Crippen LogP contribution in [0.2, 0.25) is 0 Å². The average molecular weight is 344 g/mol. The van der Waals surface area contributed by atoms with Crippen molar-refractivity contribution in [2.24, 2.45) is 0 Å². The van der Waals surface area contributed by atoms with Crippen LogP contribution in [0.3, 0.4) is 0 Å². The van der Waals surface area contributed by atoms with Crippen LogP contribution in [0.5, 0.6) is 0 Å². The summed E-state index contributed by atoms with van der Waals surface area (Å²) >= 11 is 0. The molecule has 0 aromatic carbocycles. The van der Waals surface area contributed by atoms with Gasteiger partial charge in [0.25, 0.3) is 11.5 Å². The van der Waals surface area contributed by atoms with Crippen LogP contribution < -0.4 is 21.8 Å². The van der Waals surface area contributed by atoms with Crippen LogP contribution in [-0.4, -0.2) is 29.0 Å². The predicted molar refractivity (Wildman–Crippen MR) is 90.6 cm³/mol. The molecule has 25 heavy (non-hydrogen) atoms. The van der Waals surface area contributed by atoms with E-state index in [1.807, 2.05) is 0 Å². The van der Waals surface area contributed by atoms with Crippen LogP contribution in [-0.2, 0) is 6.54 Å². The molecular formula is C17H20N4O4. The molecule has 0 bridgehead atoms. The summed E-state index contributed by atoms with van der Waals surface area (Å²) in [6, 6.07) is 3.06. The molecule has 3 N–H and O–H groups in total. The van der Waals surface area contributed by atoms with Gasteiger partial charge in [-0.1, -0.05) is 0 Å². The Bertz CT molecular complexity index is 881. The Balaban J connectivity index is 1.76. The van der Waals surface area contributed by atoms with Gasteiger partial charge in [0.05, 0.1) is 18.6 Å². The lowest BCUT2D eigenvalue weighted by Gasteiger charge is -2.21. The Kier molecular flexibility index (Phi) is 5.08. The van der Waals surface area contributed by atoms with Gasteiger partial charge in [0, 0.05) is 12.0 Å². The standard InChI is InChI=1S/C17H20N4O4/c1-10-6-13(11-2-4-18-5-3-11)25-17(24)15(10)16(23)19-8-12-7-14(22)21-9-20-12/h6-7,9,11,18H,2-5,8H2,1H3,(H,19,23)(H,20,21,22). The molecule has 2 aromatic heterocycles. The van der Waals surface area contributed by atoms with Gasteiger partial charge in [-0.15, -0.1) is 0 Å². The number of nitrogens with zero attached hydrogens (tertiary/aromatic N) is 1. The fourth-order valence-electron chi connectivity index (χ4n) is 2.98. The van der Waals surface area contributed by atoms with Crippen molar-refractivity contribution >= 4 is 5.91 Å². The molecule has 1 aliphatic heterocycles. The van der Waals surface area contributed by atoms with Crippen molar-refractivity contribution in [3.63, 3.8) is 0 Å². The molecule has 3 heterocycles. The summed E-state index contributed by atoms with van der Waals surface area (Å²) in [5.41, 5.74) is 0.0420. The van der Waals surface area contributed by atoms with E-state index in [4.69, 9.17) is 4.42 Å². The minimum Gasteiger partial charge on any atom is -0.427 e. The van der Waals surface area contributed by atoms with E-state index < -0.39 is 11.5 Å². The van der Waals surface area contributed by atoms with Crippen LogP contribution >= 0.6 is 0 Å². The zero-order valence-electron chi connectivity index (χ0n) is 13.9.